The van der Waals surface area contributed by atoms with Crippen LogP contribution >= 0.6 is 24.2 Å². The Morgan fingerprint density at radius 3 is 2.62 bits per heavy atom. The second kappa shape index (κ2) is 10.3. The molecule has 0 aliphatic heterocycles. The van der Waals surface area contributed by atoms with Gasteiger partial charge in [0.1, 0.15) is 5.82 Å². The van der Waals surface area contributed by atoms with E-state index in [1.807, 2.05) is 24.3 Å². The van der Waals surface area contributed by atoms with Gasteiger partial charge in [-0.05, 0) is 42.4 Å². The highest BCUT2D eigenvalue weighted by Crippen LogP contribution is 2.18. The van der Waals surface area contributed by atoms with E-state index in [1.54, 1.807) is 11.8 Å². The number of nitrogens with one attached hydrogen (secondary N) is 2. The average molecular weight is 370 g/mol. The molecule has 6 nitrogen and oxygen atoms in total. The van der Waals surface area contributed by atoms with Gasteiger partial charge in [-0.25, -0.2) is 4.98 Å². The SMILES string of the molecule is CC(C)CCSCC(=O)Nc1ccc(-c2n[nH]c(CN)n2)cc1.Cl. The zero-order chi connectivity index (χ0) is 16.7. The number of anilines is 1. The average Bonchev–Trinajstić information content (AvgIpc) is 3.01. The first-order valence-corrected chi connectivity index (χ1v) is 8.83. The van der Waals surface area contributed by atoms with Gasteiger partial charge < -0.3 is 11.1 Å². The minimum absolute atomic E-state index is 0. The summed E-state index contributed by atoms with van der Waals surface area (Å²) in [7, 11) is 0. The predicted molar refractivity (Wildman–Crippen MR) is 102 cm³/mol. The normalized spacial score (nSPS) is 10.5. The molecule has 0 spiro atoms. The highest BCUT2D eigenvalue weighted by atomic mass is 35.5. The highest BCUT2D eigenvalue weighted by molar-refractivity contribution is 7.99. The van der Waals surface area contributed by atoms with Crippen molar-refractivity contribution >= 4 is 35.8 Å². The van der Waals surface area contributed by atoms with E-state index in [2.05, 4.69) is 34.3 Å². The Hall–Kier alpha value is -1.57. The van der Waals surface area contributed by atoms with Crippen LogP contribution in [-0.4, -0.2) is 32.6 Å². The maximum atomic E-state index is 11.9. The third kappa shape index (κ3) is 6.51. The number of carbonyl (C=O) groups excluding carboxylic acids is 1. The summed E-state index contributed by atoms with van der Waals surface area (Å²) in [5.74, 6) is 3.44. The van der Waals surface area contributed by atoms with Crippen molar-refractivity contribution in [3.8, 4) is 11.4 Å². The van der Waals surface area contributed by atoms with Gasteiger partial charge in [0.2, 0.25) is 5.91 Å². The molecule has 1 heterocycles. The summed E-state index contributed by atoms with van der Waals surface area (Å²) >= 11 is 1.67. The second-order valence-electron chi connectivity index (χ2n) is 5.67. The number of benzene rings is 1. The molecule has 2 rings (SSSR count). The molecule has 0 aliphatic rings. The molecule has 4 N–H and O–H groups in total. The molecular formula is C16H24ClN5OS. The Kier molecular flexibility index (Phi) is 8.81. The molecule has 0 bridgehead atoms. The van der Waals surface area contributed by atoms with Gasteiger partial charge in [-0.15, -0.1) is 12.4 Å². The van der Waals surface area contributed by atoms with Gasteiger partial charge in [0.25, 0.3) is 0 Å². The van der Waals surface area contributed by atoms with Gasteiger partial charge in [0, 0.05) is 11.3 Å². The van der Waals surface area contributed by atoms with Crippen LogP contribution in [-0.2, 0) is 11.3 Å². The predicted octanol–water partition coefficient (Wildman–Crippen LogP) is 3.07. The van der Waals surface area contributed by atoms with Crippen molar-refractivity contribution in [1.29, 1.82) is 0 Å². The highest BCUT2D eigenvalue weighted by Gasteiger charge is 2.06. The van der Waals surface area contributed by atoms with Crippen molar-refractivity contribution in [3.63, 3.8) is 0 Å². The lowest BCUT2D eigenvalue weighted by Crippen LogP contribution is -2.14. The van der Waals surface area contributed by atoms with E-state index in [0.717, 1.165) is 23.4 Å². The molecule has 8 heteroatoms. The molecule has 1 aromatic heterocycles. The van der Waals surface area contributed by atoms with Crippen LogP contribution in [0.15, 0.2) is 24.3 Å². The second-order valence-corrected chi connectivity index (χ2v) is 6.78. The first kappa shape index (κ1) is 20.5. The van der Waals surface area contributed by atoms with Crippen molar-refractivity contribution in [2.24, 2.45) is 11.7 Å². The summed E-state index contributed by atoms with van der Waals surface area (Å²) in [5, 5.41) is 9.78. The number of thioether (sulfide) groups is 1. The Morgan fingerprint density at radius 2 is 2.04 bits per heavy atom. The third-order valence-corrected chi connectivity index (χ3v) is 4.22. The number of rotatable bonds is 8. The number of halogens is 1. The molecule has 24 heavy (non-hydrogen) atoms. The molecule has 2 aromatic rings. The number of hydrogen-bond acceptors (Lipinski definition) is 5. The molecule has 132 valence electrons. The Morgan fingerprint density at radius 1 is 1.33 bits per heavy atom. The van der Waals surface area contributed by atoms with E-state index < -0.39 is 0 Å². The molecule has 0 atom stereocenters. The van der Waals surface area contributed by atoms with E-state index in [4.69, 9.17) is 5.73 Å². The largest absolute Gasteiger partial charge is 0.325 e. The van der Waals surface area contributed by atoms with Gasteiger partial charge in [-0.1, -0.05) is 13.8 Å². The Labute approximate surface area is 152 Å². The van der Waals surface area contributed by atoms with E-state index in [9.17, 15) is 4.79 Å². The summed E-state index contributed by atoms with van der Waals surface area (Å²) in [6.45, 7) is 4.70. The lowest BCUT2D eigenvalue weighted by Gasteiger charge is -2.06. The van der Waals surface area contributed by atoms with Crippen molar-refractivity contribution in [2.45, 2.75) is 26.8 Å². The Balaban J connectivity index is 0.00000288. The summed E-state index contributed by atoms with van der Waals surface area (Å²) in [5.41, 5.74) is 7.16. The zero-order valence-corrected chi connectivity index (χ0v) is 15.5. The minimum atomic E-state index is 0. The van der Waals surface area contributed by atoms with Gasteiger partial charge in [-0.2, -0.15) is 16.9 Å². The van der Waals surface area contributed by atoms with Gasteiger partial charge >= 0.3 is 0 Å². The molecule has 0 radical (unpaired) electrons. The number of nitrogens with two attached hydrogens (primary N) is 1. The van der Waals surface area contributed by atoms with Crippen molar-refractivity contribution < 1.29 is 4.79 Å². The molecule has 0 unspecified atom stereocenters. The van der Waals surface area contributed by atoms with E-state index in [0.29, 0.717) is 29.9 Å². The van der Waals surface area contributed by atoms with E-state index >= 15 is 0 Å². The van der Waals surface area contributed by atoms with Gasteiger partial charge in [0.15, 0.2) is 5.82 Å². The summed E-state index contributed by atoms with van der Waals surface area (Å²) in [4.78, 5) is 16.2. The molecule has 1 aromatic carbocycles. The summed E-state index contributed by atoms with van der Waals surface area (Å²) in [6.07, 6.45) is 1.13. The Bertz CT molecular complexity index is 630. The molecule has 0 fully saturated rings. The fourth-order valence-corrected chi connectivity index (χ4v) is 2.94. The molecule has 0 saturated carbocycles. The summed E-state index contributed by atoms with van der Waals surface area (Å²) in [6, 6.07) is 7.46. The fourth-order valence-electron chi connectivity index (χ4n) is 1.90. The quantitative estimate of drug-likeness (QED) is 0.621. The molecule has 1 amide bonds. The number of H-pyrrole nitrogens is 1. The fraction of sp³-hybridized carbons (Fsp3) is 0.438. The van der Waals surface area contributed by atoms with Crippen LogP contribution in [0.25, 0.3) is 11.4 Å². The maximum Gasteiger partial charge on any atom is 0.234 e. The first-order valence-electron chi connectivity index (χ1n) is 7.68. The van der Waals surface area contributed by atoms with Crippen LogP contribution in [0.4, 0.5) is 5.69 Å². The van der Waals surface area contributed by atoms with Crippen LogP contribution < -0.4 is 11.1 Å². The minimum Gasteiger partial charge on any atom is -0.325 e. The standard InChI is InChI=1S/C16H23N5OS.ClH/c1-11(2)7-8-23-10-15(22)18-13-5-3-12(4-6-13)16-19-14(9-17)20-21-16;/h3-6,11H,7-10,17H2,1-2H3,(H,18,22)(H,19,20,21);1H. The van der Waals surface area contributed by atoms with Crippen molar-refractivity contribution in [3.05, 3.63) is 30.1 Å². The maximum absolute atomic E-state index is 11.9. The van der Waals surface area contributed by atoms with Crippen molar-refractivity contribution in [2.75, 3.05) is 16.8 Å². The van der Waals surface area contributed by atoms with Crippen LogP contribution in [0, 0.1) is 5.92 Å². The number of hydrogen-bond donors (Lipinski definition) is 3. The number of aromatic nitrogens is 3. The monoisotopic (exact) mass is 369 g/mol. The number of aromatic amines is 1. The topological polar surface area (TPSA) is 96.7 Å². The van der Waals surface area contributed by atoms with E-state index in [-0.39, 0.29) is 18.3 Å². The van der Waals surface area contributed by atoms with Gasteiger partial charge in [0.05, 0.1) is 12.3 Å². The molecule has 0 aliphatic carbocycles. The zero-order valence-electron chi connectivity index (χ0n) is 13.9. The third-order valence-electron chi connectivity index (χ3n) is 3.22. The number of carbonyl (C=O) groups is 1. The lowest BCUT2D eigenvalue weighted by molar-refractivity contribution is -0.113. The van der Waals surface area contributed by atoms with Crippen LogP contribution in [0.2, 0.25) is 0 Å². The number of amides is 1. The molecule has 0 saturated heterocycles. The van der Waals surface area contributed by atoms with Gasteiger partial charge in [-0.3, -0.25) is 9.89 Å². The van der Waals surface area contributed by atoms with Crippen LogP contribution in [0.1, 0.15) is 26.1 Å². The first-order chi connectivity index (χ1) is 11.1. The number of nitrogens with zero attached hydrogens (tertiary/aromatic N) is 2. The smallest absolute Gasteiger partial charge is 0.234 e. The lowest BCUT2D eigenvalue weighted by atomic mass is 10.2. The van der Waals surface area contributed by atoms with Crippen LogP contribution in [0.3, 0.4) is 0 Å². The van der Waals surface area contributed by atoms with Crippen LogP contribution in [0.5, 0.6) is 0 Å². The summed E-state index contributed by atoms with van der Waals surface area (Å²) < 4.78 is 0. The van der Waals surface area contributed by atoms with Crippen molar-refractivity contribution in [1.82, 2.24) is 15.2 Å². The van der Waals surface area contributed by atoms with E-state index in [1.165, 1.54) is 0 Å². The molecular weight excluding hydrogens is 346 g/mol.